The molecule has 21 heavy (non-hydrogen) atoms. The summed E-state index contributed by atoms with van der Waals surface area (Å²) < 4.78 is 0. The minimum absolute atomic E-state index is 0.0305. The van der Waals surface area contributed by atoms with Crippen LogP contribution in [0, 0.1) is 17.8 Å². The van der Waals surface area contributed by atoms with Gasteiger partial charge in [0.2, 0.25) is 0 Å². The lowest BCUT2D eigenvalue weighted by atomic mass is 9.80. The van der Waals surface area contributed by atoms with E-state index in [1.54, 1.807) is 0 Å². The van der Waals surface area contributed by atoms with Gasteiger partial charge in [0.15, 0.2) is 0 Å². The van der Waals surface area contributed by atoms with Gasteiger partial charge >= 0.3 is 5.97 Å². The van der Waals surface area contributed by atoms with Crippen LogP contribution in [-0.4, -0.2) is 35.5 Å². The monoisotopic (exact) mass is 317 g/mol. The first-order chi connectivity index (χ1) is 10.1. The number of rotatable bonds is 3. The Morgan fingerprint density at radius 1 is 1.24 bits per heavy atom. The molecule has 2 saturated heterocycles. The van der Waals surface area contributed by atoms with Crippen LogP contribution in [0.5, 0.6) is 0 Å². The number of alkyl halides is 1. The van der Waals surface area contributed by atoms with Gasteiger partial charge < -0.3 is 10.4 Å². The van der Waals surface area contributed by atoms with Crippen molar-refractivity contribution < 1.29 is 14.7 Å². The van der Waals surface area contributed by atoms with E-state index in [-0.39, 0.29) is 29.7 Å². The lowest BCUT2D eigenvalue weighted by molar-refractivity contribution is -0.143. The van der Waals surface area contributed by atoms with Gasteiger partial charge in [0.05, 0.1) is 17.6 Å². The second-order valence-corrected chi connectivity index (χ2v) is 6.89. The van der Waals surface area contributed by atoms with Gasteiger partial charge in [-0.05, 0) is 44.6 Å². The van der Waals surface area contributed by atoms with Crippen molar-refractivity contribution in [2.45, 2.75) is 56.4 Å². The van der Waals surface area contributed by atoms with Gasteiger partial charge in [0.25, 0.3) is 0 Å². The maximum Gasteiger partial charge on any atom is 0.306 e. The maximum atomic E-state index is 11.2. The van der Waals surface area contributed by atoms with Crippen LogP contribution >= 0.6 is 11.6 Å². The molecule has 1 saturated carbocycles. The number of hydroxylamine groups is 1. The van der Waals surface area contributed by atoms with Gasteiger partial charge in [-0.1, -0.05) is 6.42 Å². The van der Waals surface area contributed by atoms with Gasteiger partial charge in [0.1, 0.15) is 6.23 Å². The number of carboxylic acids is 1. The minimum Gasteiger partial charge on any atom is -0.481 e. The van der Waals surface area contributed by atoms with Crippen molar-refractivity contribution in [1.82, 2.24) is 16.1 Å². The molecule has 6 unspecified atom stereocenters. The van der Waals surface area contributed by atoms with Gasteiger partial charge in [0, 0.05) is 5.92 Å². The molecule has 2 heterocycles. The van der Waals surface area contributed by atoms with Crippen LogP contribution in [0.25, 0.3) is 0 Å². The number of aliphatic carboxylic acids is 1. The summed E-state index contributed by atoms with van der Waals surface area (Å²) in [6.07, 6.45) is 5.58. The first kappa shape index (κ1) is 15.5. The molecule has 7 heteroatoms. The fourth-order valence-electron chi connectivity index (χ4n) is 3.77. The zero-order valence-electron chi connectivity index (χ0n) is 12.1. The molecule has 3 aliphatic rings. The smallest absolute Gasteiger partial charge is 0.306 e. The van der Waals surface area contributed by atoms with Crippen LogP contribution in [0.4, 0.5) is 0 Å². The summed E-state index contributed by atoms with van der Waals surface area (Å²) in [6.45, 7) is 0.956. The van der Waals surface area contributed by atoms with Gasteiger partial charge in [-0.2, -0.15) is 5.48 Å². The van der Waals surface area contributed by atoms with Crippen molar-refractivity contribution in [3.05, 3.63) is 0 Å². The highest BCUT2D eigenvalue weighted by atomic mass is 35.5. The fraction of sp³-hybridized carbons (Fsp3) is 0.929. The molecule has 0 amide bonds. The standard InChI is InChI=1S/C14H24ClN3O3/c15-11-10(5-2-6-16-11)13-17-12(18-21-13)8-3-1-4-9(7-8)14(19)20/h8-13,16-18H,1-7H2,(H,19,20). The zero-order chi connectivity index (χ0) is 14.8. The van der Waals surface area contributed by atoms with E-state index in [1.807, 2.05) is 0 Å². The summed E-state index contributed by atoms with van der Waals surface area (Å²) in [7, 11) is 0. The van der Waals surface area contributed by atoms with Crippen molar-refractivity contribution in [3.63, 3.8) is 0 Å². The summed E-state index contributed by atoms with van der Waals surface area (Å²) in [5, 5.41) is 15.9. The summed E-state index contributed by atoms with van der Waals surface area (Å²) in [6, 6.07) is 0. The van der Waals surface area contributed by atoms with E-state index in [9.17, 15) is 9.90 Å². The van der Waals surface area contributed by atoms with Gasteiger partial charge in [-0.25, -0.2) is 0 Å². The lowest BCUT2D eigenvalue weighted by Gasteiger charge is -2.33. The van der Waals surface area contributed by atoms with E-state index in [4.69, 9.17) is 16.4 Å². The predicted molar refractivity (Wildman–Crippen MR) is 78.4 cm³/mol. The van der Waals surface area contributed by atoms with E-state index in [0.29, 0.717) is 12.3 Å². The highest BCUT2D eigenvalue weighted by Gasteiger charge is 2.40. The third-order valence-corrected chi connectivity index (χ3v) is 5.50. The quantitative estimate of drug-likeness (QED) is 0.463. The fourth-order valence-corrected chi connectivity index (χ4v) is 4.14. The van der Waals surface area contributed by atoms with E-state index >= 15 is 0 Å². The van der Waals surface area contributed by atoms with Gasteiger partial charge in [-0.3, -0.25) is 14.9 Å². The van der Waals surface area contributed by atoms with Crippen LogP contribution in [-0.2, 0) is 9.63 Å². The Hall–Kier alpha value is -0.400. The first-order valence-corrected chi connectivity index (χ1v) is 8.36. The second kappa shape index (κ2) is 6.79. The third-order valence-electron chi connectivity index (χ3n) is 5.02. The molecule has 3 fully saturated rings. The molecule has 0 spiro atoms. The Bertz CT molecular complexity index is 384. The van der Waals surface area contributed by atoms with Crippen molar-refractivity contribution in [3.8, 4) is 0 Å². The predicted octanol–water partition coefficient (Wildman–Crippen LogP) is 1.22. The average molecular weight is 318 g/mol. The van der Waals surface area contributed by atoms with E-state index in [2.05, 4.69) is 16.1 Å². The number of hydrogen-bond acceptors (Lipinski definition) is 5. The van der Waals surface area contributed by atoms with Crippen molar-refractivity contribution in [1.29, 1.82) is 0 Å². The summed E-state index contributed by atoms with van der Waals surface area (Å²) >= 11 is 6.32. The molecule has 0 radical (unpaired) electrons. The number of piperidine rings is 1. The summed E-state index contributed by atoms with van der Waals surface area (Å²) in [4.78, 5) is 16.9. The SMILES string of the molecule is O=C(O)C1CCCC(C2NOC(C3CCCNC3Cl)N2)C1. The molecule has 0 aromatic rings. The average Bonchev–Trinajstić information content (AvgIpc) is 2.97. The zero-order valence-corrected chi connectivity index (χ0v) is 12.8. The maximum absolute atomic E-state index is 11.2. The molecule has 120 valence electrons. The Labute approximate surface area is 129 Å². The van der Waals surface area contributed by atoms with E-state index < -0.39 is 5.97 Å². The Morgan fingerprint density at radius 2 is 2.10 bits per heavy atom. The molecule has 0 aromatic heterocycles. The number of carboxylic acid groups (broad SMARTS) is 1. The molecule has 6 atom stereocenters. The lowest BCUT2D eigenvalue weighted by Crippen LogP contribution is -2.49. The van der Waals surface area contributed by atoms with Crippen LogP contribution in [0.1, 0.15) is 38.5 Å². The van der Waals surface area contributed by atoms with Crippen LogP contribution in [0.2, 0.25) is 0 Å². The number of carbonyl (C=O) groups is 1. The second-order valence-electron chi connectivity index (χ2n) is 6.42. The van der Waals surface area contributed by atoms with Crippen molar-refractivity contribution in [2.24, 2.45) is 17.8 Å². The summed E-state index contributed by atoms with van der Waals surface area (Å²) in [5.74, 6) is -0.358. The Kier molecular flexibility index (Phi) is 5.01. The van der Waals surface area contributed by atoms with Gasteiger partial charge in [-0.15, -0.1) is 11.6 Å². The normalized spacial score (nSPS) is 44.6. The highest BCUT2D eigenvalue weighted by molar-refractivity contribution is 6.20. The van der Waals surface area contributed by atoms with Crippen molar-refractivity contribution in [2.75, 3.05) is 6.54 Å². The first-order valence-electron chi connectivity index (χ1n) is 7.92. The Morgan fingerprint density at radius 3 is 2.86 bits per heavy atom. The molecule has 6 nitrogen and oxygen atoms in total. The molecule has 0 bridgehead atoms. The van der Waals surface area contributed by atoms with Crippen LogP contribution < -0.4 is 16.1 Å². The molecular formula is C14H24ClN3O3. The third kappa shape index (κ3) is 3.51. The van der Waals surface area contributed by atoms with Crippen LogP contribution in [0.3, 0.4) is 0 Å². The molecule has 3 rings (SSSR count). The topological polar surface area (TPSA) is 82.6 Å². The summed E-state index contributed by atoms with van der Waals surface area (Å²) in [5.41, 5.74) is 2.99. The number of hydrogen-bond donors (Lipinski definition) is 4. The minimum atomic E-state index is -0.674. The molecule has 1 aliphatic carbocycles. The molecule has 4 N–H and O–H groups in total. The van der Waals surface area contributed by atoms with Crippen molar-refractivity contribution >= 4 is 17.6 Å². The number of nitrogens with one attached hydrogen (secondary N) is 3. The largest absolute Gasteiger partial charge is 0.481 e. The molecular weight excluding hydrogens is 294 g/mol. The molecule has 2 aliphatic heterocycles. The Balaban J connectivity index is 1.55. The van der Waals surface area contributed by atoms with Crippen LogP contribution in [0.15, 0.2) is 0 Å². The highest BCUT2D eigenvalue weighted by Crippen LogP contribution is 2.33. The number of halogens is 1. The molecule has 0 aromatic carbocycles. The van der Waals surface area contributed by atoms with E-state index in [0.717, 1.165) is 38.6 Å². The van der Waals surface area contributed by atoms with E-state index in [1.165, 1.54) is 0 Å².